The number of hydrogen-bond acceptors (Lipinski definition) is 4. The largest absolute Gasteiger partial charge is 0.478 e. The molecule has 7 heteroatoms. The summed E-state index contributed by atoms with van der Waals surface area (Å²) < 4.78 is 0. The molecular formula is C18H14ClNO4S. The smallest absolute Gasteiger partial charge is 0.328 e. The Kier molecular flexibility index (Phi) is 6.80. The van der Waals surface area contributed by atoms with Crippen molar-refractivity contribution >= 4 is 46.7 Å². The van der Waals surface area contributed by atoms with Crippen molar-refractivity contribution < 1.29 is 19.5 Å². The van der Waals surface area contributed by atoms with E-state index in [0.717, 1.165) is 17.0 Å². The highest BCUT2D eigenvalue weighted by Gasteiger charge is 2.07. The van der Waals surface area contributed by atoms with Crippen LogP contribution in [0.25, 0.3) is 0 Å². The van der Waals surface area contributed by atoms with E-state index in [4.69, 9.17) is 16.7 Å². The molecule has 0 heterocycles. The molecule has 2 N–H and O–H groups in total. The molecule has 0 atom stereocenters. The van der Waals surface area contributed by atoms with Crippen LogP contribution in [-0.4, -0.2) is 28.5 Å². The van der Waals surface area contributed by atoms with Gasteiger partial charge in [-0.25, -0.2) is 4.79 Å². The second kappa shape index (κ2) is 9.05. The van der Waals surface area contributed by atoms with E-state index >= 15 is 0 Å². The zero-order chi connectivity index (χ0) is 18.2. The molecule has 0 aliphatic heterocycles. The quantitative estimate of drug-likeness (QED) is 0.435. The number of carboxylic acid groups (broad SMARTS) is 1. The maximum atomic E-state index is 12.1. The Labute approximate surface area is 153 Å². The van der Waals surface area contributed by atoms with Gasteiger partial charge in [0.1, 0.15) is 0 Å². The lowest BCUT2D eigenvalue weighted by Gasteiger charge is -2.06. The summed E-state index contributed by atoms with van der Waals surface area (Å²) in [4.78, 5) is 34.9. The van der Waals surface area contributed by atoms with E-state index in [9.17, 15) is 14.4 Å². The molecular weight excluding hydrogens is 362 g/mol. The summed E-state index contributed by atoms with van der Waals surface area (Å²) in [5, 5.41) is 11.6. The lowest BCUT2D eigenvalue weighted by Crippen LogP contribution is -2.08. The van der Waals surface area contributed by atoms with Crippen LogP contribution in [0.2, 0.25) is 5.02 Å². The highest BCUT2D eigenvalue weighted by molar-refractivity contribution is 8.00. The Hall–Kier alpha value is -2.57. The molecule has 0 saturated heterocycles. The minimum Gasteiger partial charge on any atom is -0.478 e. The van der Waals surface area contributed by atoms with Crippen molar-refractivity contribution in [1.82, 2.24) is 0 Å². The Bertz CT molecular complexity index is 818. The van der Waals surface area contributed by atoms with Crippen LogP contribution in [0.1, 0.15) is 10.4 Å². The number of Topliss-reactive ketones (excluding diaryl/α,β-unsaturated/α-hetero) is 1. The van der Waals surface area contributed by atoms with Crippen LogP contribution in [0.4, 0.5) is 5.69 Å². The summed E-state index contributed by atoms with van der Waals surface area (Å²) in [6, 6.07) is 13.6. The van der Waals surface area contributed by atoms with Crippen molar-refractivity contribution in [2.45, 2.75) is 4.90 Å². The number of nitrogens with one attached hydrogen (secondary N) is 1. The van der Waals surface area contributed by atoms with Gasteiger partial charge in [0, 0.05) is 33.3 Å². The zero-order valence-electron chi connectivity index (χ0n) is 12.9. The van der Waals surface area contributed by atoms with Gasteiger partial charge in [-0.15, -0.1) is 11.8 Å². The topological polar surface area (TPSA) is 83.5 Å². The Balaban J connectivity index is 1.94. The summed E-state index contributed by atoms with van der Waals surface area (Å²) in [5.41, 5.74) is 1.10. The van der Waals surface area contributed by atoms with Crippen molar-refractivity contribution in [1.29, 1.82) is 0 Å². The van der Waals surface area contributed by atoms with Gasteiger partial charge >= 0.3 is 5.97 Å². The lowest BCUT2D eigenvalue weighted by atomic mass is 10.1. The average Bonchev–Trinajstić information content (AvgIpc) is 2.59. The van der Waals surface area contributed by atoms with E-state index in [2.05, 4.69) is 5.32 Å². The minimum absolute atomic E-state index is 0.0273. The van der Waals surface area contributed by atoms with Gasteiger partial charge in [-0.1, -0.05) is 17.7 Å². The van der Waals surface area contributed by atoms with E-state index in [1.54, 1.807) is 42.5 Å². The summed E-state index contributed by atoms with van der Waals surface area (Å²) in [7, 11) is 0. The fourth-order valence-electron chi connectivity index (χ4n) is 1.86. The van der Waals surface area contributed by atoms with E-state index in [1.165, 1.54) is 11.8 Å². The number of benzene rings is 2. The van der Waals surface area contributed by atoms with Crippen LogP contribution in [-0.2, 0) is 9.59 Å². The number of carboxylic acids is 1. The van der Waals surface area contributed by atoms with Crippen molar-refractivity contribution in [3.05, 3.63) is 71.3 Å². The Morgan fingerprint density at radius 2 is 1.80 bits per heavy atom. The second-order valence-corrected chi connectivity index (χ2v) is 6.39. The molecule has 0 unspecified atom stereocenters. The number of anilines is 1. The van der Waals surface area contributed by atoms with Gasteiger partial charge in [-0.05, 0) is 42.5 Å². The molecule has 2 aromatic rings. The Morgan fingerprint density at radius 1 is 1.08 bits per heavy atom. The fourth-order valence-corrected chi connectivity index (χ4v) is 2.84. The first kappa shape index (κ1) is 18.8. The molecule has 2 rings (SSSR count). The maximum Gasteiger partial charge on any atom is 0.328 e. The van der Waals surface area contributed by atoms with Crippen molar-refractivity contribution in [3.63, 3.8) is 0 Å². The number of aliphatic carboxylic acids is 1. The molecule has 0 spiro atoms. The normalized spacial score (nSPS) is 10.6. The van der Waals surface area contributed by atoms with Crippen molar-refractivity contribution in [2.75, 3.05) is 11.1 Å². The third-order valence-corrected chi connectivity index (χ3v) is 4.26. The lowest BCUT2D eigenvalue weighted by molar-refractivity contribution is -0.131. The van der Waals surface area contributed by atoms with Crippen LogP contribution < -0.4 is 5.32 Å². The molecule has 0 bridgehead atoms. The zero-order valence-corrected chi connectivity index (χ0v) is 14.5. The molecule has 0 fully saturated rings. The third-order valence-electron chi connectivity index (χ3n) is 3.01. The Morgan fingerprint density at radius 3 is 2.48 bits per heavy atom. The molecule has 128 valence electrons. The van der Waals surface area contributed by atoms with Gasteiger partial charge in [-0.2, -0.15) is 0 Å². The number of ketones is 1. The first-order valence-corrected chi connectivity index (χ1v) is 8.54. The monoisotopic (exact) mass is 375 g/mol. The molecule has 0 aromatic heterocycles. The highest BCUT2D eigenvalue weighted by atomic mass is 35.5. The predicted octanol–water partition coefficient (Wildman–Crippen LogP) is 3.89. The van der Waals surface area contributed by atoms with E-state index < -0.39 is 11.9 Å². The molecule has 0 radical (unpaired) electrons. The number of halogens is 1. The number of thioether (sulfide) groups is 1. The molecule has 1 amide bonds. The summed E-state index contributed by atoms with van der Waals surface area (Å²) in [5.74, 6) is -1.51. The van der Waals surface area contributed by atoms with Gasteiger partial charge in [0.15, 0.2) is 5.78 Å². The van der Waals surface area contributed by atoms with Gasteiger partial charge < -0.3 is 10.4 Å². The van der Waals surface area contributed by atoms with E-state index in [1.807, 2.05) is 6.07 Å². The van der Waals surface area contributed by atoms with Crippen molar-refractivity contribution in [2.24, 2.45) is 0 Å². The average molecular weight is 376 g/mol. The fraction of sp³-hybridized carbons (Fsp3) is 0.0556. The summed E-state index contributed by atoms with van der Waals surface area (Å²) >= 11 is 7.14. The van der Waals surface area contributed by atoms with E-state index in [0.29, 0.717) is 16.3 Å². The van der Waals surface area contributed by atoms with Crippen LogP contribution in [0, 0.1) is 0 Å². The molecule has 0 aliphatic carbocycles. The van der Waals surface area contributed by atoms with Crippen LogP contribution in [0.3, 0.4) is 0 Å². The molecule has 5 nitrogen and oxygen atoms in total. The molecule has 2 aromatic carbocycles. The molecule has 0 aliphatic rings. The first-order chi connectivity index (χ1) is 11.9. The van der Waals surface area contributed by atoms with Crippen molar-refractivity contribution in [3.8, 4) is 0 Å². The maximum absolute atomic E-state index is 12.1. The SMILES string of the molecule is O=C(O)/C=C/C(=O)Nc1cccc(SCC(=O)c2ccc(Cl)cc2)c1. The highest BCUT2D eigenvalue weighted by Crippen LogP contribution is 2.23. The first-order valence-electron chi connectivity index (χ1n) is 7.17. The summed E-state index contributed by atoms with van der Waals surface area (Å²) in [6.07, 6.45) is 1.70. The predicted molar refractivity (Wildman–Crippen MR) is 98.4 cm³/mol. The van der Waals surface area contributed by atoms with Gasteiger partial charge in [-0.3, -0.25) is 9.59 Å². The number of carbonyl (C=O) groups excluding carboxylic acids is 2. The van der Waals surface area contributed by atoms with Crippen LogP contribution in [0.5, 0.6) is 0 Å². The third kappa shape index (κ3) is 6.45. The van der Waals surface area contributed by atoms with Crippen LogP contribution in [0.15, 0.2) is 65.6 Å². The second-order valence-electron chi connectivity index (χ2n) is 4.91. The standard InChI is InChI=1S/C18H14ClNO4S/c19-13-6-4-12(5-7-13)16(21)11-25-15-3-1-2-14(10-15)20-17(22)8-9-18(23)24/h1-10H,11H2,(H,20,22)(H,23,24)/b9-8+. The van der Waals surface area contributed by atoms with Gasteiger partial charge in [0.25, 0.3) is 0 Å². The summed E-state index contributed by atoms with van der Waals surface area (Å²) in [6.45, 7) is 0. The molecule has 0 saturated carbocycles. The van der Waals surface area contributed by atoms with Crippen LogP contribution >= 0.6 is 23.4 Å². The molecule has 25 heavy (non-hydrogen) atoms. The number of carbonyl (C=O) groups is 3. The van der Waals surface area contributed by atoms with E-state index in [-0.39, 0.29) is 11.5 Å². The number of hydrogen-bond donors (Lipinski definition) is 2. The minimum atomic E-state index is -1.19. The number of rotatable bonds is 7. The van der Waals surface area contributed by atoms with Gasteiger partial charge in [0.05, 0.1) is 5.75 Å². The number of amides is 1. The van der Waals surface area contributed by atoms with Gasteiger partial charge in [0.2, 0.25) is 5.91 Å².